The Labute approximate surface area is 108 Å². The number of anilines is 1. The molecule has 5 heteroatoms. The number of benzene rings is 1. The van der Waals surface area contributed by atoms with Gasteiger partial charge in [-0.15, -0.1) is 6.58 Å². The van der Waals surface area contributed by atoms with Gasteiger partial charge < -0.3 is 5.73 Å². The molecule has 1 aromatic rings. The number of rotatable bonds is 5. The zero-order chi connectivity index (χ0) is 13.3. The molecule has 1 saturated carbocycles. The third kappa shape index (κ3) is 2.57. The summed E-state index contributed by atoms with van der Waals surface area (Å²) in [7, 11) is -3.46. The second-order valence-corrected chi connectivity index (χ2v) is 6.56. The maximum absolute atomic E-state index is 12.5. The molecule has 4 nitrogen and oxygen atoms in total. The minimum atomic E-state index is -3.46. The Bertz CT molecular complexity index is 542. The molecule has 18 heavy (non-hydrogen) atoms. The van der Waals surface area contributed by atoms with Crippen LogP contribution in [-0.4, -0.2) is 25.3 Å². The minimum absolute atomic E-state index is 0.120. The molecule has 0 atom stereocenters. The summed E-state index contributed by atoms with van der Waals surface area (Å²) in [6.45, 7) is 5.81. The van der Waals surface area contributed by atoms with Crippen LogP contribution >= 0.6 is 0 Å². The van der Waals surface area contributed by atoms with E-state index in [-0.39, 0.29) is 10.9 Å². The van der Waals surface area contributed by atoms with Crippen LogP contribution in [0.15, 0.2) is 35.7 Å². The second-order valence-electron chi connectivity index (χ2n) is 4.67. The van der Waals surface area contributed by atoms with E-state index >= 15 is 0 Å². The molecule has 2 N–H and O–H groups in total. The zero-order valence-corrected chi connectivity index (χ0v) is 11.3. The van der Waals surface area contributed by atoms with Gasteiger partial charge in [-0.1, -0.05) is 6.08 Å². The van der Waals surface area contributed by atoms with Crippen LogP contribution < -0.4 is 5.73 Å². The molecule has 1 fully saturated rings. The van der Waals surface area contributed by atoms with E-state index in [1.807, 2.05) is 6.92 Å². The molecule has 1 aliphatic carbocycles. The van der Waals surface area contributed by atoms with Crippen molar-refractivity contribution in [2.45, 2.75) is 30.7 Å². The van der Waals surface area contributed by atoms with Crippen LogP contribution in [0.25, 0.3) is 0 Å². The maximum Gasteiger partial charge on any atom is 0.243 e. The van der Waals surface area contributed by atoms with Crippen LogP contribution in [0.3, 0.4) is 0 Å². The van der Waals surface area contributed by atoms with Gasteiger partial charge in [-0.05, 0) is 43.5 Å². The van der Waals surface area contributed by atoms with E-state index < -0.39 is 10.0 Å². The molecular formula is C13H18N2O2S. The lowest BCUT2D eigenvalue weighted by Gasteiger charge is -2.20. The zero-order valence-electron chi connectivity index (χ0n) is 10.5. The second kappa shape index (κ2) is 4.74. The highest BCUT2D eigenvalue weighted by atomic mass is 32.2. The topological polar surface area (TPSA) is 63.4 Å². The third-order valence-corrected chi connectivity index (χ3v) is 4.84. The molecule has 0 bridgehead atoms. The van der Waals surface area contributed by atoms with Crippen LogP contribution in [0.5, 0.6) is 0 Å². The fraction of sp³-hybridized carbons (Fsp3) is 0.385. The highest BCUT2D eigenvalue weighted by molar-refractivity contribution is 7.89. The van der Waals surface area contributed by atoms with E-state index in [2.05, 4.69) is 6.58 Å². The van der Waals surface area contributed by atoms with Gasteiger partial charge in [-0.2, -0.15) is 4.31 Å². The summed E-state index contributed by atoms with van der Waals surface area (Å²) in [4.78, 5) is 0.272. The first-order valence-corrected chi connectivity index (χ1v) is 7.39. The summed E-state index contributed by atoms with van der Waals surface area (Å²) < 4.78 is 26.6. The number of aryl methyl sites for hydroxylation is 1. The largest absolute Gasteiger partial charge is 0.399 e. The SMILES string of the molecule is C=CCN(C1CC1)S(=O)(=O)c1cc(C)cc(N)c1. The monoisotopic (exact) mass is 266 g/mol. The van der Waals surface area contributed by atoms with E-state index in [0.29, 0.717) is 12.2 Å². The van der Waals surface area contributed by atoms with E-state index in [1.165, 1.54) is 10.4 Å². The van der Waals surface area contributed by atoms with Gasteiger partial charge in [0, 0.05) is 18.3 Å². The molecule has 1 aliphatic rings. The third-order valence-electron chi connectivity index (χ3n) is 2.94. The lowest BCUT2D eigenvalue weighted by Crippen LogP contribution is -2.33. The molecule has 98 valence electrons. The first kappa shape index (κ1) is 13.1. The van der Waals surface area contributed by atoms with Gasteiger partial charge in [-0.3, -0.25) is 0 Å². The first-order valence-electron chi connectivity index (χ1n) is 5.95. The summed E-state index contributed by atoms with van der Waals surface area (Å²) in [5.41, 5.74) is 7.04. The van der Waals surface area contributed by atoms with E-state index in [1.54, 1.807) is 18.2 Å². The maximum atomic E-state index is 12.5. The van der Waals surface area contributed by atoms with Crippen LogP contribution in [-0.2, 0) is 10.0 Å². The van der Waals surface area contributed by atoms with Crippen molar-refractivity contribution in [3.8, 4) is 0 Å². The van der Waals surface area contributed by atoms with Gasteiger partial charge in [0.1, 0.15) is 0 Å². The Kier molecular flexibility index (Phi) is 3.45. The van der Waals surface area contributed by atoms with Crippen LogP contribution in [0, 0.1) is 6.92 Å². The van der Waals surface area contributed by atoms with Crippen LogP contribution in [0.4, 0.5) is 5.69 Å². The van der Waals surface area contributed by atoms with E-state index in [9.17, 15) is 8.42 Å². The van der Waals surface area contributed by atoms with Crippen molar-refractivity contribution >= 4 is 15.7 Å². The highest BCUT2D eigenvalue weighted by Crippen LogP contribution is 2.32. The van der Waals surface area contributed by atoms with Crippen molar-refractivity contribution in [1.82, 2.24) is 4.31 Å². The van der Waals surface area contributed by atoms with Crippen LogP contribution in [0.1, 0.15) is 18.4 Å². The van der Waals surface area contributed by atoms with Crippen molar-refractivity contribution in [1.29, 1.82) is 0 Å². The minimum Gasteiger partial charge on any atom is -0.399 e. The molecule has 0 radical (unpaired) electrons. The van der Waals surface area contributed by atoms with Gasteiger partial charge in [-0.25, -0.2) is 8.42 Å². The fourth-order valence-electron chi connectivity index (χ4n) is 1.99. The van der Waals surface area contributed by atoms with Gasteiger partial charge in [0.25, 0.3) is 0 Å². The Balaban J connectivity index is 2.42. The van der Waals surface area contributed by atoms with Crippen molar-refractivity contribution < 1.29 is 8.42 Å². The summed E-state index contributed by atoms with van der Waals surface area (Å²) >= 11 is 0. The fourth-order valence-corrected chi connectivity index (χ4v) is 3.79. The van der Waals surface area contributed by atoms with E-state index in [0.717, 1.165) is 18.4 Å². The van der Waals surface area contributed by atoms with Crippen molar-refractivity contribution in [3.05, 3.63) is 36.4 Å². The average Bonchev–Trinajstić information content (AvgIpc) is 3.08. The summed E-state index contributed by atoms with van der Waals surface area (Å²) in [5, 5.41) is 0. The number of nitrogen functional groups attached to an aromatic ring is 1. The van der Waals surface area contributed by atoms with Gasteiger partial charge in [0.05, 0.1) is 4.90 Å². The normalized spacial score (nSPS) is 15.9. The number of hydrogen-bond acceptors (Lipinski definition) is 3. The van der Waals surface area contributed by atoms with Gasteiger partial charge >= 0.3 is 0 Å². The Morgan fingerprint density at radius 1 is 1.44 bits per heavy atom. The molecule has 0 saturated heterocycles. The highest BCUT2D eigenvalue weighted by Gasteiger charge is 2.37. The summed E-state index contributed by atoms with van der Waals surface area (Å²) in [6.07, 6.45) is 3.47. The Hall–Kier alpha value is -1.33. The molecule has 2 rings (SSSR count). The Morgan fingerprint density at radius 2 is 2.11 bits per heavy atom. The predicted molar refractivity (Wildman–Crippen MR) is 72.7 cm³/mol. The van der Waals surface area contributed by atoms with Crippen molar-refractivity contribution in [2.75, 3.05) is 12.3 Å². The smallest absolute Gasteiger partial charge is 0.243 e. The average molecular weight is 266 g/mol. The number of sulfonamides is 1. The molecule has 0 aliphatic heterocycles. The van der Waals surface area contributed by atoms with Gasteiger partial charge in [0.15, 0.2) is 0 Å². The first-order chi connectivity index (χ1) is 8.45. The summed E-state index contributed by atoms with van der Waals surface area (Å²) in [5.74, 6) is 0. The summed E-state index contributed by atoms with van der Waals surface area (Å²) in [6, 6.07) is 5.05. The van der Waals surface area contributed by atoms with Crippen molar-refractivity contribution in [3.63, 3.8) is 0 Å². The van der Waals surface area contributed by atoms with Crippen molar-refractivity contribution in [2.24, 2.45) is 0 Å². The quantitative estimate of drug-likeness (QED) is 0.654. The Morgan fingerprint density at radius 3 is 2.61 bits per heavy atom. The van der Waals surface area contributed by atoms with Crippen LogP contribution in [0.2, 0.25) is 0 Å². The number of nitrogens with zero attached hydrogens (tertiary/aromatic N) is 1. The predicted octanol–water partition coefficient (Wildman–Crippen LogP) is 1.92. The lowest BCUT2D eigenvalue weighted by molar-refractivity contribution is 0.436. The molecule has 0 heterocycles. The molecule has 0 amide bonds. The standard InChI is InChI=1S/C13H18N2O2S/c1-3-6-15(12-4-5-12)18(16,17)13-8-10(2)7-11(14)9-13/h3,7-9,12H,1,4-6,14H2,2H3. The molecule has 0 spiro atoms. The number of nitrogens with two attached hydrogens (primary N) is 1. The number of hydrogen-bond donors (Lipinski definition) is 1. The molecule has 1 aromatic carbocycles. The lowest BCUT2D eigenvalue weighted by atomic mass is 10.2. The molecular weight excluding hydrogens is 248 g/mol. The van der Waals surface area contributed by atoms with Gasteiger partial charge in [0.2, 0.25) is 10.0 Å². The molecule has 0 aromatic heterocycles. The van der Waals surface area contributed by atoms with E-state index in [4.69, 9.17) is 5.73 Å². The molecule has 0 unspecified atom stereocenters.